The Kier molecular flexibility index (Phi) is 4.09. The third-order valence-corrected chi connectivity index (χ3v) is 3.08. The zero-order valence-electron chi connectivity index (χ0n) is 10.9. The summed E-state index contributed by atoms with van der Waals surface area (Å²) in [6, 6.07) is 8.38. The van der Waals surface area contributed by atoms with Crippen molar-refractivity contribution in [2.45, 2.75) is 6.92 Å². The van der Waals surface area contributed by atoms with E-state index in [2.05, 4.69) is 0 Å². The maximum atomic E-state index is 10.9. The lowest BCUT2D eigenvalue weighted by atomic mass is 10.2. The summed E-state index contributed by atoms with van der Waals surface area (Å²) in [6.45, 7) is 1.68. The van der Waals surface area contributed by atoms with E-state index in [1.165, 1.54) is 36.4 Å². The van der Waals surface area contributed by atoms with Gasteiger partial charge in [-0.1, -0.05) is 11.6 Å². The minimum Gasteiger partial charge on any atom is -0.478 e. The zero-order chi connectivity index (χ0) is 15.6. The van der Waals surface area contributed by atoms with Crippen LogP contribution in [0, 0.1) is 17.0 Å². The largest absolute Gasteiger partial charge is 0.478 e. The highest BCUT2D eigenvalue weighted by Gasteiger charge is 2.12. The fourth-order valence-electron chi connectivity index (χ4n) is 1.72. The number of carboxylic acids is 1. The monoisotopic (exact) mass is 307 g/mol. The molecule has 0 unspecified atom stereocenters. The summed E-state index contributed by atoms with van der Waals surface area (Å²) in [7, 11) is 0. The van der Waals surface area contributed by atoms with Crippen LogP contribution in [0.3, 0.4) is 0 Å². The number of ether oxygens (including phenoxy) is 1. The number of carbonyl (C=O) groups is 1. The number of nitrogens with zero attached hydrogens (tertiary/aromatic N) is 1. The minimum absolute atomic E-state index is 0.0237. The van der Waals surface area contributed by atoms with E-state index in [0.717, 1.165) is 0 Å². The lowest BCUT2D eigenvalue weighted by Gasteiger charge is -2.09. The van der Waals surface area contributed by atoms with Crippen molar-refractivity contribution in [1.82, 2.24) is 0 Å². The molecule has 0 saturated heterocycles. The van der Waals surface area contributed by atoms with Crippen LogP contribution in [0.5, 0.6) is 11.5 Å². The molecule has 1 N–H and O–H groups in total. The van der Waals surface area contributed by atoms with Crippen LogP contribution in [-0.4, -0.2) is 16.0 Å². The molecule has 7 heteroatoms. The lowest BCUT2D eigenvalue weighted by molar-refractivity contribution is -0.384. The predicted octanol–water partition coefficient (Wildman–Crippen LogP) is 4.05. The van der Waals surface area contributed by atoms with E-state index in [-0.39, 0.29) is 16.3 Å². The van der Waals surface area contributed by atoms with Crippen molar-refractivity contribution in [2.75, 3.05) is 0 Å². The van der Waals surface area contributed by atoms with Gasteiger partial charge in [0.25, 0.3) is 5.69 Å². The van der Waals surface area contributed by atoms with Crippen LogP contribution in [0.25, 0.3) is 0 Å². The number of hydrogen-bond donors (Lipinski definition) is 1. The Morgan fingerprint density at radius 3 is 2.52 bits per heavy atom. The van der Waals surface area contributed by atoms with Gasteiger partial charge in [0, 0.05) is 18.2 Å². The SMILES string of the molecule is Cc1cc([N+](=O)[O-])ccc1Oc1ccc(C(=O)O)c(Cl)c1. The smallest absolute Gasteiger partial charge is 0.337 e. The number of aryl methyl sites for hydroxylation is 1. The molecule has 0 spiro atoms. The van der Waals surface area contributed by atoms with Gasteiger partial charge in [0.1, 0.15) is 11.5 Å². The molecule has 2 aromatic carbocycles. The average molecular weight is 308 g/mol. The number of benzene rings is 2. The molecule has 0 saturated carbocycles. The molecule has 108 valence electrons. The quantitative estimate of drug-likeness (QED) is 0.680. The molecule has 0 heterocycles. The van der Waals surface area contributed by atoms with Crippen molar-refractivity contribution >= 4 is 23.3 Å². The average Bonchev–Trinajstić information content (AvgIpc) is 2.40. The van der Waals surface area contributed by atoms with E-state index < -0.39 is 10.9 Å². The second-order valence-corrected chi connectivity index (χ2v) is 4.66. The van der Waals surface area contributed by atoms with Crippen LogP contribution in [0.2, 0.25) is 5.02 Å². The van der Waals surface area contributed by atoms with Crippen LogP contribution in [0.1, 0.15) is 15.9 Å². The van der Waals surface area contributed by atoms with Gasteiger partial charge in [-0.15, -0.1) is 0 Å². The van der Waals surface area contributed by atoms with Gasteiger partial charge < -0.3 is 9.84 Å². The van der Waals surface area contributed by atoms with Gasteiger partial charge in [-0.05, 0) is 30.7 Å². The molecule has 0 aliphatic heterocycles. The molecule has 21 heavy (non-hydrogen) atoms. The first-order valence-corrected chi connectivity index (χ1v) is 6.22. The predicted molar refractivity (Wildman–Crippen MR) is 76.3 cm³/mol. The first kappa shape index (κ1) is 14.8. The minimum atomic E-state index is -1.13. The van der Waals surface area contributed by atoms with E-state index in [1.54, 1.807) is 6.92 Å². The summed E-state index contributed by atoms with van der Waals surface area (Å²) in [6.07, 6.45) is 0. The highest BCUT2D eigenvalue weighted by Crippen LogP contribution is 2.30. The number of nitro groups is 1. The summed E-state index contributed by atoms with van der Waals surface area (Å²) < 4.78 is 5.56. The fourth-order valence-corrected chi connectivity index (χ4v) is 1.97. The molecule has 0 aliphatic rings. The van der Waals surface area contributed by atoms with E-state index in [4.69, 9.17) is 21.4 Å². The van der Waals surface area contributed by atoms with Crippen LogP contribution < -0.4 is 4.74 Å². The Morgan fingerprint density at radius 1 is 1.29 bits per heavy atom. The van der Waals surface area contributed by atoms with Gasteiger partial charge in [0.2, 0.25) is 0 Å². The Hall–Kier alpha value is -2.60. The Bertz CT molecular complexity index is 729. The second kappa shape index (κ2) is 5.80. The molecule has 2 rings (SSSR count). The third-order valence-electron chi connectivity index (χ3n) is 2.77. The zero-order valence-corrected chi connectivity index (χ0v) is 11.6. The fraction of sp³-hybridized carbons (Fsp3) is 0.0714. The van der Waals surface area contributed by atoms with Crippen molar-refractivity contribution in [3.8, 4) is 11.5 Å². The molecule has 0 bridgehead atoms. The molecule has 0 amide bonds. The maximum absolute atomic E-state index is 10.9. The van der Waals surface area contributed by atoms with Crippen LogP contribution in [0.15, 0.2) is 36.4 Å². The van der Waals surface area contributed by atoms with Crippen LogP contribution in [0.4, 0.5) is 5.69 Å². The number of nitro benzene ring substituents is 1. The molecule has 0 aromatic heterocycles. The van der Waals surface area contributed by atoms with Gasteiger partial charge in [-0.25, -0.2) is 4.79 Å². The number of rotatable bonds is 4. The van der Waals surface area contributed by atoms with Crippen molar-refractivity contribution < 1.29 is 19.6 Å². The number of halogens is 1. The highest BCUT2D eigenvalue weighted by atomic mass is 35.5. The van der Waals surface area contributed by atoms with Crippen molar-refractivity contribution in [1.29, 1.82) is 0 Å². The summed E-state index contributed by atoms with van der Waals surface area (Å²) >= 11 is 5.85. The molecular weight excluding hydrogens is 298 g/mol. The molecule has 6 nitrogen and oxygen atoms in total. The molecule has 0 fully saturated rings. The third kappa shape index (κ3) is 3.29. The lowest BCUT2D eigenvalue weighted by Crippen LogP contribution is -1.97. The molecule has 0 aliphatic carbocycles. The second-order valence-electron chi connectivity index (χ2n) is 4.26. The summed E-state index contributed by atoms with van der Waals surface area (Å²) in [5.41, 5.74) is 0.533. The topological polar surface area (TPSA) is 89.7 Å². The summed E-state index contributed by atoms with van der Waals surface area (Å²) in [5.74, 6) is -0.347. The normalized spacial score (nSPS) is 10.2. The van der Waals surface area contributed by atoms with Crippen molar-refractivity contribution in [3.63, 3.8) is 0 Å². The Balaban J connectivity index is 2.28. The first-order chi connectivity index (χ1) is 9.88. The maximum Gasteiger partial charge on any atom is 0.337 e. The van der Waals surface area contributed by atoms with Crippen LogP contribution >= 0.6 is 11.6 Å². The van der Waals surface area contributed by atoms with Gasteiger partial charge >= 0.3 is 5.97 Å². The number of aromatic carboxylic acids is 1. The summed E-state index contributed by atoms with van der Waals surface area (Å²) in [4.78, 5) is 21.0. The number of carboxylic acid groups (broad SMARTS) is 1. The summed E-state index contributed by atoms with van der Waals surface area (Å²) in [5, 5.41) is 19.6. The Labute approximate surface area is 124 Å². The molecule has 0 atom stereocenters. The molecule has 2 aromatic rings. The van der Waals surface area contributed by atoms with Gasteiger partial charge in [-0.2, -0.15) is 0 Å². The van der Waals surface area contributed by atoms with E-state index in [9.17, 15) is 14.9 Å². The molecule has 0 radical (unpaired) electrons. The van der Waals surface area contributed by atoms with Gasteiger partial charge in [0.05, 0.1) is 15.5 Å². The van der Waals surface area contributed by atoms with E-state index >= 15 is 0 Å². The number of non-ortho nitro benzene ring substituents is 1. The Morgan fingerprint density at radius 2 is 2.00 bits per heavy atom. The van der Waals surface area contributed by atoms with E-state index in [0.29, 0.717) is 17.1 Å². The van der Waals surface area contributed by atoms with Gasteiger partial charge in [-0.3, -0.25) is 10.1 Å². The van der Waals surface area contributed by atoms with Crippen LogP contribution in [-0.2, 0) is 0 Å². The van der Waals surface area contributed by atoms with Crippen molar-refractivity contribution in [2.24, 2.45) is 0 Å². The van der Waals surface area contributed by atoms with E-state index in [1.807, 2.05) is 0 Å². The van der Waals surface area contributed by atoms with Gasteiger partial charge in [0.15, 0.2) is 0 Å². The standard InChI is InChI=1S/C14H10ClNO5/c1-8-6-9(16(19)20)2-5-13(8)21-10-3-4-11(14(17)18)12(15)7-10/h2-7H,1H3,(H,17,18). The first-order valence-electron chi connectivity index (χ1n) is 5.84. The highest BCUT2D eigenvalue weighted by molar-refractivity contribution is 6.33. The van der Waals surface area contributed by atoms with Crippen molar-refractivity contribution in [3.05, 3.63) is 62.7 Å². The number of hydrogen-bond acceptors (Lipinski definition) is 4. The molecular formula is C14H10ClNO5.